The third-order valence-electron chi connectivity index (χ3n) is 4.48. The number of amides is 1. The highest BCUT2D eigenvalue weighted by atomic mass is 16.2. The number of benzene rings is 1. The van der Waals surface area contributed by atoms with E-state index >= 15 is 0 Å². The summed E-state index contributed by atoms with van der Waals surface area (Å²) < 4.78 is 0. The second-order valence-electron chi connectivity index (χ2n) is 6.32. The number of hydrogen-bond acceptors (Lipinski definition) is 3. The summed E-state index contributed by atoms with van der Waals surface area (Å²) in [6.45, 7) is 3.30. The first kappa shape index (κ1) is 14.4. The van der Waals surface area contributed by atoms with Gasteiger partial charge in [-0.05, 0) is 49.8 Å². The average Bonchev–Trinajstić information content (AvgIpc) is 3.34. The standard InChI is InChI=1S/C17H25N3O/c18-15-6-4-14(5-7-15)12-20(16-8-9-16)13-17(21)19-10-2-1-3-11-19/h4-7,16H,1-3,8-13,18H2. The molecule has 0 atom stereocenters. The molecule has 2 N–H and O–H groups in total. The highest BCUT2D eigenvalue weighted by molar-refractivity contribution is 5.78. The van der Waals surface area contributed by atoms with Gasteiger partial charge in [-0.1, -0.05) is 12.1 Å². The molecule has 2 fully saturated rings. The van der Waals surface area contributed by atoms with E-state index in [-0.39, 0.29) is 0 Å². The maximum Gasteiger partial charge on any atom is 0.236 e. The summed E-state index contributed by atoms with van der Waals surface area (Å²) in [5.41, 5.74) is 7.76. The van der Waals surface area contributed by atoms with E-state index in [2.05, 4.69) is 17.0 Å². The van der Waals surface area contributed by atoms with Crippen molar-refractivity contribution in [2.24, 2.45) is 0 Å². The molecule has 3 rings (SSSR count). The molecular formula is C17H25N3O. The Balaban J connectivity index is 1.59. The zero-order valence-corrected chi connectivity index (χ0v) is 12.6. The van der Waals surface area contributed by atoms with Gasteiger partial charge >= 0.3 is 0 Å². The summed E-state index contributed by atoms with van der Waals surface area (Å²) in [5.74, 6) is 0.303. The van der Waals surface area contributed by atoms with E-state index in [1.165, 1.54) is 24.8 Å². The predicted molar refractivity (Wildman–Crippen MR) is 84.7 cm³/mol. The SMILES string of the molecule is Nc1ccc(CN(CC(=O)N2CCCCC2)C2CC2)cc1. The summed E-state index contributed by atoms with van der Waals surface area (Å²) in [5, 5.41) is 0. The molecule has 0 unspecified atom stereocenters. The number of rotatable bonds is 5. The monoisotopic (exact) mass is 287 g/mol. The molecule has 0 aromatic heterocycles. The van der Waals surface area contributed by atoms with Gasteiger partial charge in [0.1, 0.15) is 0 Å². The first-order chi connectivity index (χ1) is 10.2. The van der Waals surface area contributed by atoms with Crippen molar-refractivity contribution in [1.82, 2.24) is 9.80 Å². The van der Waals surface area contributed by atoms with Gasteiger partial charge in [0.25, 0.3) is 0 Å². The topological polar surface area (TPSA) is 49.6 Å². The van der Waals surface area contributed by atoms with Crippen LogP contribution in [0.15, 0.2) is 24.3 Å². The largest absolute Gasteiger partial charge is 0.399 e. The van der Waals surface area contributed by atoms with Crippen molar-refractivity contribution in [3.05, 3.63) is 29.8 Å². The van der Waals surface area contributed by atoms with Crippen molar-refractivity contribution in [2.45, 2.75) is 44.7 Å². The molecule has 1 heterocycles. The van der Waals surface area contributed by atoms with Gasteiger partial charge in [0, 0.05) is 31.4 Å². The van der Waals surface area contributed by atoms with Gasteiger partial charge in [0.05, 0.1) is 6.54 Å². The van der Waals surface area contributed by atoms with Crippen LogP contribution in [0, 0.1) is 0 Å². The number of carbonyl (C=O) groups excluding carboxylic acids is 1. The van der Waals surface area contributed by atoms with E-state index in [0.29, 0.717) is 18.5 Å². The molecule has 0 bridgehead atoms. The third kappa shape index (κ3) is 3.97. The fourth-order valence-electron chi connectivity index (χ4n) is 3.03. The Morgan fingerprint density at radius 2 is 1.81 bits per heavy atom. The number of piperidine rings is 1. The summed E-state index contributed by atoms with van der Waals surface area (Å²) >= 11 is 0. The van der Waals surface area contributed by atoms with Gasteiger partial charge in [0.15, 0.2) is 0 Å². The normalized spacial score (nSPS) is 19.0. The van der Waals surface area contributed by atoms with Crippen molar-refractivity contribution >= 4 is 11.6 Å². The van der Waals surface area contributed by atoms with Crippen molar-refractivity contribution in [3.8, 4) is 0 Å². The smallest absolute Gasteiger partial charge is 0.236 e. The van der Waals surface area contributed by atoms with E-state index in [1.807, 2.05) is 17.0 Å². The molecule has 1 aromatic carbocycles. The molecule has 0 radical (unpaired) electrons. The zero-order chi connectivity index (χ0) is 14.7. The highest BCUT2D eigenvalue weighted by Crippen LogP contribution is 2.28. The van der Waals surface area contributed by atoms with Gasteiger partial charge in [-0.15, -0.1) is 0 Å². The molecular weight excluding hydrogens is 262 g/mol. The lowest BCUT2D eigenvalue weighted by Gasteiger charge is -2.30. The van der Waals surface area contributed by atoms with Crippen LogP contribution >= 0.6 is 0 Å². The second-order valence-corrected chi connectivity index (χ2v) is 6.32. The Hall–Kier alpha value is -1.55. The Bertz CT molecular complexity index is 475. The lowest BCUT2D eigenvalue weighted by molar-refractivity contribution is -0.133. The van der Waals surface area contributed by atoms with Crippen molar-refractivity contribution < 1.29 is 4.79 Å². The van der Waals surface area contributed by atoms with E-state index in [4.69, 9.17) is 5.73 Å². The molecule has 1 amide bonds. The molecule has 4 nitrogen and oxygen atoms in total. The first-order valence-electron chi connectivity index (χ1n) is 8.08. The van der Waals surface area contributed by atoms with Crippen molar-refractivity contribution in [1.29, 1.82) is 0 Å². The lowest BCUT2D eigenvalue weighted by Crippen LogP contribution is -2.43. The zero-order valence-electron chi connectivity index (χ0n) is 12.6. The predicted octanol–water partition coefficient (Wildman–Crippen LogP) is 2.25. The Morgan fingerprint density at radius 1 is 1.14 bits per heavy atom. The van der Waals surface area contributed by atoms with Crippen LogP contribution in [-0.4, -0.2) is 41.4 Å². The average molecular weight is 287 g/mol. The first-order valence-corrected chi connectivity index (χ1v) is 8.08. The van der Waals surface area contributed by atoms with Crippen LogP contribution in [0.25, 0.3) is 0 Å². The minimum atomic E-state index is 0.303. The molecule has 2 aliphatic rings. The highest BCUT2D eigenvalue weighted by Gasteiger charge is 2.31. The summed E-state index contributed by atoms with van der Waals surface area (Å²) in [4.78, 5) is 16.8. The molecule has 4 heteroatoms. The quantitative estimate of drug-likeness (QED) is 0.845. The van der Waals surface area contributed by atoms with Gasteiger partial charge in [0.2, 0.25) is 5.91 Å². The number of nitrogens with zero attached hydrogens (tertiary/aromatic N) is 2. The molecule has 21 heavy (non-hydrogen) atoms. The van der Waals surface area contributed by atoms with E-state index < -0.39 is 0 Å². The Kier molecular flexibility index (Phi) is 4.44. The van der Waals surface area contributed by atoms with Gasteiger partial charge in [-0.2, -0.15) is 0 Å². The van der Waals surface area contributed by atoms with E-state index in [0.717, 1.165) is 38.2 Å². The number of carbonyl (C=O) groups is 1. The van der Waals surface area contributed by atoms with Crippen molar-refractivity contribution in [2.75, 3.05) is 25.4 Å². The van der Waals surface area contributed by atoms with E-state index in [1.54, 1.807) is 0 Å². The number of hydrogen-bond donors (Lipinski definition) is 1. The molecule has 1 aliphatic heterocycles. The summed E-state index contributed by atoms with van der Waals surface area (Å²) in [7, 11) is 0. The fraction of sp³-hybridized carbons (Fsp3) is 0.588. The molecule has 1 saturated heterocycles. The minimum Gasteiger partial charge on any atom is -0.399 e. The summed E-state index contributed by atoms with van der Waals surface area (Å²) in [6, 6.07) is 8.60. The van der Waals surface area contributed by atoms with Crippen LogP contribution in [0.4, 0.5) is 5.69 Å². The molecule has 1 aromatic rings. The number of nitrogen functional groups attached to an aromatic ring is 1. The Morgan fingerprint density at radius 3 is 2.43 bits per heavy atom. The molecule has 0 spiro atoms. The van der Waals surface area contributed by atoms with Gasteiger partial charge in [-0.25, -0.2) is 0 Å². The van der Waals surface area contributed by atoms with Gasteiger partial charge < -0.3 is 10.6 Å². The second kappa shape index (κ2) is 6.48. The molecule has 114 valence electrons. The maximum atomic E-state index is 12.4. The van der Waals surface area contributed by atoms with Gasteiger partial charge in [-0.3, -0.25) is 9.69 Å². The Labute approximate surface area is 126 Å². The number of anilines is 1. The summed E-state index contributed by atoms with van der Waals surface area (Å²) in [6.07, 6.45) is 6.03. The lowest BCUT2D eigenvalue weighted by atomic mass is 10.1. The number of nitrogens with two attached hydrogens (primary N) is 1. The maximum absolute atomic E-state index is 12.4. The van der Waals surface area contributed by atoms with E-state index in [9.17, 15) is 4.79 Å². The van der Waals surface area contributed by atoms with Crippen LogP contribution < -0.4 is 5.73 Å². The fourth-order valence-corrected chi connectivity index (χ4v) is 3.03. The van der Waals surface area contributed by atoms with Crippen LogP contribution in [0.1, 0.15) is 37.7 Å². The third-order valence-corrected chi connectivity index (χ3v) is 4.48. The molecule has 1 aliphatic carbocycles. The van der Waals surface area contributed by atoms with Crippen molar-refractivity contribution in [3.63, 3.8) is 0 Å². The van der Waals surface area contributed by atoms with Crippen LogP contribution in [0.5, 0.6) is 0 Å². The minimum absolute atomic E-state index is 0.303. The van der Waals surface area contributed by atoms with Crippen LogP contribution in [0.2, 0.25) is 0 Å². The van der Waals surface area contributed by atoms with Crippen LogP contribution in [0.3, 0.4) is 0 Å². The number of likely N-dealkylation sites (tertiary alicyclic amines) is 1. The van der Waals surface area contributed by atoms with Crippen LogP contribution in [-0.2, 0) is 11.3 Å². The molecule has 1 saturated carbocycles.